The van der Waals surface area contributed by atoms with Gasteiger partial charge in [-0.05, 0) is 18.9 Å². The molecule has 0 radical (unpaired) electrons. The molecule has 1 aromatic carbocycles. The summed E-state index contributed by atoms with van der Waals surface area (Å²) in [6, 6.07) is 6.21. The van der Waals surface area contributed by atoms with Crippen LogP contribution in [0.15, 0.2) is 24.3 Å². The number of aliphatic carboxylic acids is 1. The molecule has 1 saturated carbocycles. The van der Waals surface area contributed by atoms with E-state index < -0.39 is 18.0 Å². The third-order valence-electron chi connectivity index (χ3n) is 3.74. The van der Waals surface area contributed by atoms with Gasteiger partial charge < -0.3 is 9.84 Å². The zero-order chi connectivity index (χ0) is 13.9. The molecule has 0 heterocycles. The van der Waals surface area contributed by atoms with Crippen LogP contribution >= 0.6 is 0 Å². The number of ether oxygens (including phenoxy) is 1. The van der Waals surface area contributed by atoms with Crippen molar-refractivity contribution in [1.29, 1.82) is 0 Å². The van der Waals surface area contributed by atoms with Crippen molar-refractivity contribution in [2.75, 3.05) is 0 Å². The number of benzene rings is 1. The maximum atomic E-state index is 12.4. The first-order chi connectivity index (χ1) is 9.06. The number of carboxylic acids is 1. The van der Waals surface area contributed by atoms with E-state index in [0.717, 1.165) is 19.3 Å². The van der Waals surface area contributed by atoms with E-state index in [0.29, 0.717) is 18.4 Å². The molecular weight excluding hydrogens is 254 g/mol. The van der Waals surface area contributed by atoms with E-state index in [4.69, 9.17) is 0 Å². The number of rotatable bonds is 4. The Morgan fingerprint density at radius 2 is 1.84 bits per heavy atom. The van der Waals surface area contributed by atoms with Gasteiger partial charge in [0.15, 0.2) is 0 Å². The lowest BCUT2D eigenvalue weighted by Crippen LogP contribution is -2.38. The minimum Gasteiger partial charge on any atom is -0.481 e. The molecule has 5 heteroatoms. The van der Waals surface area contributed by atoms with Crippen molar-refractivity contribution in [2.24, 2.45) is 0 Å². The van der Waals surface area contributed by atoms with E-state index in [1.54, 1.807) is 18.2 Å². The van der Waals surface area contributed by atoms with E-state index in [1.807, 2.05) is 0 Å². The average molecular weight is 270 g/mol. The molecule has 0 unspecified atom stereocenters. The number of hydrogen-bond acceptors (Lipinski definition) is 2. The summed E-state index contributed by atoms with van der Waals surface area (Å²) in [6.45, 7) is -2.95. The average Bonchev–Trinajstić information content (AvgIpc) is 2.39. The summed E-state index contributed by atoms with van der Waals surface area (Å²) in [5, 5.41) is 9.56. The van der Waals surface area contributed by atoms with Gasteiger partial charge in [0.05, 0.1) is 5.41 Å². The molecule has 104 valence electrons. The third-order valence-corrected chi connectivity index (χ3v) is 3.74. The van der Waals surface area contributed by atoms with Crippen LogP contribution in [0.3, 0.4) is 0 Å². The maximum Gasteiger partial charge on any atom is 0.387 e. The first-order valence-corrected chi connectivity index (χ1v) is 6.34. The Balaban J connectivity index is 2.44. The molecule has 0 spiro atoms. The van der Waals surface area contributed by atoms with Crippen molar-refractivity contribution >= 4 is 5.97 Å². The lowest BCUT2D eigenvalue weighted by molar-refractivity contribution is -0.145. The molecule has 1 aliphatic rings. The predicted molar refractivity (Wildman–Crippen MR) is 65.5 cm³/mol. The zero-order valence-electron chi connectivity index (χ0n) is 10.4. The number of carboxylic acid groups (broad SMARTS) is 1. The molecule has 1 fully saturated rings. The second-order valence-electron chi connectivity index (χ2n) is 4.82. The van der Waals surface area contributed by atoms with Crippen molar-refractivity contribution < 1.29 is 23.4 Å². The second-order valence-corrected chi connectivity index (χ2v) is 4.82. The van der Waals surface area contributed by atoms with Crippen LogP contribution in [-0.2, 0) is 10.2 Å². The molecule has 2 rings (SSSR count). The highest BCUT2D eigenvalue weighted by Gasteiger charge is 2.43. The summed E-state index contributed by atoms with van der Waals surface area (Å²) in [7, 11) is 0. The molecule has 1 N–H and O–H groups in total. The highest BCUT2D eigenvalue weighted by atomic mass is 19.3. The Kier molecular flexibility index (Phi) is 4.02. The Bertz CT molecular complexity index is 454. The van der Waals surface area contributed by atoms with Crippen LogP contribution in [0.1, 0.15) is 37.7 Å². The van der Waals surface area contributed by atoms with Crippen LogP contribution < -0.4 is 4.74 Å². The van der Waals surface area contributed by atoms with Gasteiger partial charge in [-0.3, -0.25) is 4.79 Å². The van der Waals surface area contributed by atoms with E-state index in [9.17, 15) is 18.7 Å². The topological polar surface area (TPSA) is 46.5 Å². The molecule has 19 heavy (non-hydrogen) atoms. The summed E-state index contributed by atoms with van der Waals surface area (Å²) in [4.78, 5) is 11.7. The van der Waals surface area contributed by atoms with Crippen molar-refractivity contribution in [1.82, 2.24) is 0 Å². The van der Waals surface area contributed by atoms with Crippen LogP contribution in [0.5, 0.6) is 5.75 Å². The summed E-state index contributed by atoms with van der Waals surface area (Å²) in [5.74, 6) is -0.987. The number of alkyl halides is 2. The zero-order valence-corrected chi connectivity index (χ0v) is 10.4. The fourth-order valence-corrected chi connectivity index (χ4v) is 2.81. The highest BCUT2D eigenvalue weighted by molar-refractivity contribution is 5.82. The standard InChI is InChI=1S/C14H16F2O3/c15-13(16)19-11-7-3-2-6-10(11)14(12(17)18)8-4-1-5-9-14/h2-3,6-7,13H,1,4-5,8-9H2,(H,17,18). The fraction of sp³-hybridized carbons (Fsp3) is 0.500. The number of para-hydroxylation sites is 1. The van der Waals surface area contributed by atoms with Crippen molar-refractivity contribution in [3.8, 4) is 5.75 Å². The van der Waals surface area contributed by atoms with Crippen molar-refractivity contribution in [3.63, 3.8) is 0 Å². The van der Waals surface area contributed by atoms with Gasteiger partial charge in [-0.25, -0.2) is 0 Å². The minimum atomic E-state index is -2.95. The van der Waals surface area contributed by atoms with Gasteiger partial charge in [-0.1, -0.05) is 37.5 Å². The SMILES string of the molecule is O=C(O)C1(c2ccccc2OC(F)F)CCCCC1. The molecule has 0 atom stereocenters. The van der Waals surface area contributed by atoms with Gasteiger partial charge >= 0.3 is 12.6 Å². The van der Waals surface area contributed by atoms with Crippen molar-refractivity contribution in [3.05, 3.63) is 29.8 Å². The fourth-order valence-electron chi connectivity index (χ4n) is 2.81. The van der Waals surface area contributed by atoms with Gasteiger partial charge in [-0.2, -0.15) is 8.78 Å². The van der Waals surface area contributed by atoms with Gasteiger partial charge in [0.2, 0.25) is 0 Å². The van der Waals surface area contributed by atoms with Crippen LogP contribution in [-0.4, -0.2) is 17.7 Å². The predicted octanol–water partition coefficient (Wildman–Crippen LogP) is 3.57. The molecular formula is C14H16F2O3. The highest BCUT2D eigenvalue weighted by Crippen LogP contribution is 2.43. The quantitative estimate of drug-likeness (QED) is 0.909. The summed E-state index contributed by atoms with van der Waals surface area (Å²) < 4.78 is 29.3. The maximum absolute atomic E-state index is 12.4. The Hall–Kier alpha value is -1.65. The lowest BCUT2D eigenvalue weighted by Gasteiger charge is -2.34. The normalized spacial score (nSPS) is 18.3. The second kappa shape index (κ2) is 5.55. The van der Waals surface area contributed by atoms with E-state index in [2.05, 4.69) is 4.74 Å². The van der Waals surface area contributed by atoms with Crippen LogP contribution in [0.4, 0.5) is 8.78 Å². The summed E-state index contributed by atoms with van der Waals surface area (Å²) >= 11 is 0. The van der Waals surface area contributed by atoms with Crippen molar-refractivity contribution in [2.45, 2.75) is 44.1 Å². The molecule has 1 aromatic rings. The summed E-state index contributed by atoms with van der Waals surface area (Å²) in [5.41, 5.74) is -0.730. The Labute approximate surface area is 110 Å². The van der Waals surface area contributed by atoms with Gasteiger partial charge in [0.1, 0.15) is 5.75 Å². The number of hydrogen-bond donors (Lipinski definition) is 1. The molecule has 0 aliphatic heterocycles. The molecule has 1 aliphatic carbocycles. The molecule has 0 aromatic heterocycles. The Morgan fingerprint density at radius 3 is 2.42 bits per heavy atom. The minimum absolute atomic E-state index is 0.0261. The van der Waals surface area contributed by atoms with Gasteiger partial charge in [0.25, 0.3) is 0 Å². The Morgan fingerprint density at radius 1 is 1.21 bits per heavy atom. The van der Waals surface area contributed by atoms with Crippen LogP contribution in [0.25, 0.3) is 0 Å². The number of halogens is 2. The monoisotopic (exact) mass is 270 g/mol. The molecule has 0 saturated heterocycles. The van der Waals surface area contributed by atoms with E-state index >= 15 is 0 Å². The largest absolute Gasteiger partial charge is 0.481 e. The first-order valence-electron chi connectivity index (χ1n) is 6.34. The smallest absolute Gasteiger partial charge is 0.387 e. The number of carbonyl (C=O) groups is 1. The third kappa shape index (κ3) is 2.69. The van der Waals surface area contributed by atoms with E-state index in [1.165, 1.54) is 6.07 Å². The van der Waals surface area contributed by atoms with E-state index in [-0.39, 0.29) is 5.75 Å². The first kappa shape index (κ1) is 13.8. The lowest BCUT2D eigenvalue weighted by atomic mass is 9.69. The molecule has 3 nitrogen and oxygen atoms in total. The van der Waals surface area contributed by atoms with Gasteiger partial charge in [0, 0.05) is 5.56 Å². The summed E-state index contributed by atoms with van der Waals surface area (Å²) in [6.07, 6.45) is 3.48. The van der Waals surface area contributed by atoms with Crippen LogP contribution in [0.2, 0.25) is 0 Å². The molecule has 0 bridgehead atoms. The van der Waals surface area contributed by atoms with Crippen LogP contribution in [0, 0.1) is 0 Å². The van der Waals surface area contributed by atoms with Gasteiger partial charge in [-0.15, -0.1) is 0 Å². The molecule has 0 amide bonds.